The topological polar surface area (TPSA) is 64.9 Å². The van der Waals surface area contributed by atoms with Gasteiger partial charge >= 0.3 is 0 Å². The molecule has 18 heavy (non-hydrogen) atoms. The molecule has 2 N–H and O–H groups in total. The van der Waals surface area contributed by atoms with E-state index in [9.17, 15) is 4.39 Å². The molecule has 2 rings (SSSR count). The highest BCUT2D eigenvalue weighted by molar-refractivity contribution is 5.55. The van der Waals surface area contributed by atoms with Crippen LogP contribution in [-0.4, -0.2) is 10.1 Å². The summed E-state index contributed by atoms with van der Waals surface area (Å²) in [6.07, 6.45) is 1.75. The first-order valence-corrected chi connectivity index (χ1v) is 5.97. The third kappa shape index (κ3) is 2.56. The van der Waals surface area contributed by atoms with Crippen LogP contribution in [0.1, 0.15) is 37.3 Å². The minimum Gasteiger partial charge on any atom is -0.337 e. The van der Waals surface area contributed by atoms with Crippen LogP contribution in [0.5, 0.6) is 0 Å². The fraction of sp³-hybridized carbons (Fsp3) is 0.385. The molecule has 4 nitrogen and oxygen atoms in total. The molecule has 0 aliphatic rings. The second-order valence-corrected chi connectivity index (χ2v) is 4.32. The molecule has 0 bridgehead atoms. The van der Waals surface area contributed by atoms with Gasteiger partial charge in [0.25, 0.3) is 0 Å². The predicted molar refractivity (Wildman–Crippen MR) is 66.3 cm³/mol. The van der Waals surface area contributed by atoms with Gasteiger partial charge in [-0.2, -0.15) is 4.98 Å². The molecule has 1 heterocycles. The van der Waals surface area contributed by atoms with E-state index in [4.69, 9.17) is 10.3 Å². The molecule has 2 aromatic rings. The second kappa shape index (κ2) is 5.27. The normalized spacial score (nSPS) is 12.7. The monoisotopic (exact) mass is 249 g/mol. The van der Waals surface area contributed by atoms with Crippen LogP contribution >= 0.6 is 0 Å². The number of hydrogen-bond donors (Lipinski definition) is 1. The summed E-state index contributed by atoms with van der Waals surface area (Å²) in [5.74, 6) is 0.624. The Morgan fingerprint density at radius 3 is 2.89 bits per heavy atom. The molecule has 1 atom stereocenters. The van der Waals surface area contributed by atoms with E-state index in [-0.39, 0.29) is 11.9 Å². The Morgan fingerprint density at radius 1 is 1.44 bits per heavy atom. The molecular weight excluding hydrogens is 233 g/mol. The van der Waals surface area contributed by atoms with E-state index in [1.165, 1.54) is 6.07 Å². The summed E-state index contributed by atoms with van der Waals surface area (Å²) in [4.78, 5) is 4.24. The Hall–Kier alpha value is -1.75. The summed E-state index contributed by atoms with van der Waals surface area (Å²) in [5, 5.41) is 3.87. The summed E-state index contributed by atoms with van der Waals surface area (Å²) in [5.41, 5.74) is 7.18. The van der Waals surface area contributed by atoms with Crippen LogP contribution in [0.2, 0.25) is 0 Å². The molecular formula is C13H16FN3O. The average Bonchev–Trinajstić information content (AvgIpc) is 2.82. The van der Waals surface area contributed by atoms with Gasteiger partial charge in [0.1, 0.15) is 5.82 Å². The van der Waals surface area contributed by atoms with Gasteiger partial charge in [0, 0.05) is 5.56 Å². The highest BCUT2D eigenvalue weighted by atomic mass is 19.1. The van der Waals surface area contributed by atoms with E-state index >= 15 is 0 Å². The number of aryl methyl sites for hydroxylation is 1. The largest absolute Gasteiger partial charge is 0.337 e. The lowest BCUT2D eigenvalue weighted by atomic mass is 10.1. The second-order valence-electron chi connectivity index (χ2n) is 4.32. The lowest BCUT2D eigenvalue weighted by Gasteiger charge is -2.02. The molecule has 0 fully saturated rings. The van der Waals surface area contributed by atoms with Crippen LogP contribution in [0.4, 0.5) is 4.39 Å². The van der Waals surface area contributed by atoms with E-state index in [1.54, 1.807) is 19.1 Å². The maximum Gasteiger partial charge on any atom is 0.243 e. The van der Waals surface area contributed by atoms with Gasteiger partial charge in [-0.3, -0.25) is 0 Å². The fourth-order valence-corrected chi connectivity index (χ4v) is 1.72. The van der Waals surface area contributed by atoms with Gasteiger partial charge < -0.3 is 10.3 Å². The number of halogens is 1. The number of nitrogens with two attached hydrogens (primary N) is 1. The summed E-state index contributed by atoms with van der Waals surface area (Å²) >= 11 is 0. The first-order chi connectivity index (χ1) is 8.61. The van der Waals surface area contributed by atoms with Gasteiger partial charge in [-0.25, -0.2) is 4.39 Å². The Morgan fingerprint density at radius 2 is 2.22 bits per heavy atom. The smallest absolute Gasteiger partial charge is 0.243 e. The summed E-state index contributed by atoms with van der Waals surface area (Å²) in [6.45, 7) is 3.74. The zero-order valence-electron chi connectivity index (χ0n) is 10.5. The Labute approximate surface area is 105 Å². The van der Waals surface area contributed by atoms with E-state index in [1.807, 2.05) is 6.92 Å². The zero-order valence-corrected chi connectivity index (χ0v) is 10.5. The minimum absolute atomic E-state index is 0.238. The molecule has 1 unspecified atom stereocenters. The van der Waals surface area contributed by atoms with Crippen LogP contribution in [0.25, 0.3) is 11.4 Å². The van der Waals surface area contributed by atoms with Gasteiger partial charge in [-0.15, -0.1) is 0 Å². The molecule has 0 aliphatic carbocycles. The van der Waals surface area contributed by atoms with Crippen molar-refractivity contribution in [3.05, 3.63) is 35.5 Å². The SMILES string of the molecule is CCCC(N)c1nc(-c2ccc(F)c(C)c2)no1. The van der Waals surface area contributed by atoms with Crippen LogP contribution < -0.4 is 5.73 Å². The van der Waals surface area contributed by atoms with E-state index < -0.39 is 0 Å². The quantitative estimate of drug-likeness (QED) is 0.904. The summed E-state index contributed by atoms with van der Waals surface area (Å²) in [7, 11) is 0. The molecule has 0 saturated heterocycles. The molecule has 0 radical (unpaired) electrons. The summed E-state index contributed by atoms with van der Waals surface area (Å²) in [6, 6.07) is 4.47. The van der Waals surface area contributed by atoms with Crippen molar-refractivity contribution >= 4 is 0 Å². The Bertz CT molecular complexity index is 539. The molecule has 1 aromatic carbocycles. The average molecular weight is 249 g/mol. The highest BCUT2D eigenvalue weighted by Gasteiger charge is 2.15. The van der Waals surface area contributed by atoms with Crippen molar-refractivity contribution in [2.24, 2.45) is 5.73 Å². The number of nitrogens with zero attached hydrogens (tertiary/aromatic N) is 2. The predicted octanol–water partition coefficient (Wildman–Crippen LogP) is 2.98. The fourth-order valence-electron chi connectivity index (χ4n) is 1.72. The minimum atomic E-state index is -0.245. The standard InChI is InChI=1S/C13H16FN3O/c1-3-4-11(15)13-16-12(17-18-13)9-5-6-10(14)8(2)7-9/h5-7,11H,3-4,15H2,1-2H3. The van der Waals surface area contributed by atoms with Crippen molar-refractivity contribution in [2.45, 2.75) is 32.7 Å². The van der Waals surface area contributed by atoms with Crippen molar-refractivity contribution < 1.29 is 8.91 Å². The first kappa shape index (κ1) is 12.7. The Kier molecular flexibility index (Phi) is 3.72. The van der Waals surface area contributed by atoms with E-state index in [2.05, 4.69) is 10.1 Å². The molecule has 0 amide bonds. The van der Waals surface area contributed by atoms with Gasteiger partial charge in [-0.05, 0) is 37.1 Å². The molecule has 0 aliphatic heterocycles. The molecule has 96 valence electrons. The Balaban J connectivity index is 2.26. The van der Waals surface area contributed by atoms with Gasteiger partial charge in [0.2, 0.25) is 11.7 Å². The lowest BCUT2D eigenvalue weighted by molar-refractivity contribution is 0.348. The van der Waals surface area contributed by atoms with Crippen molar-refractivity contribution in [3.63, 3.8) is 0 Å². The van der Waals surface area contributed by atoms with Gasteiger partial charge in [0.05, 0.1) is 6.04 Å². The maximum absolute atomic E-state index is 13.2. The van der Waals surface area contributed by atoms with Crippen LogP contribution in [0, 0.1) is 12.7 Å². The van der Waals surface area contributed by atoms with Crippen LogP contribution in [-0.2, 0) is 0 Å². The highest BCUT2D eigenvalue weighted by Crippen LogP contribution is 2.21. The number of rotatable bonds is 4. The number of aromatic nitrogens is 2. The van der Waals surface area contributed by atoms with Crippen molar-refractivity contribution in [2.75, 3.05) is 0 Å². The van der Waals surface area contributed by atoms with Crippen molar-refractivity contribution in [1.29, 1.82) is 0 Å². The molecule has 1 aromatic heterocycles. The third-order valence-corrected chi connectivity index (χ3v) is 2.77. The molecule has 0 saturated carbocycles. The lowest BCUT2D eigenvalue weighted by Crippen LogP contribution is -2.09. The summed E-state index contributed by atoms with van der Waals surface area (Å²) < 4.78 is 18.3. The van der Waals surface area contributed by atoms with Gasteiger partial charge in [-0.1, -0.05) is 18.5 Å². The molecule has 5 heteroatoms. The first-order valence-electron chi connectivity index (χ1n) is 5.97. The van der Waals surface area contributed by atoms with E-state index in [0.717, 1.165) is 18.4 Å². The van der Waals surface area contributed by atoms with E-state index in [0.29, 0.717) is 17.3 Å². The van der Waals surface area contributed by atoms with Crippen molar-refractivity contribution in [3.8, 4) is 11.4 Å². The third-order valence-electron chi connectivity index (χ3n) is 2.77. The van der Waals surface area contributed by atoms with Gasteiger partial charge in [0.15, 0.2) is 0 Å². The molecule has 0 spiro atoms. The van der Waals surface area contributed by atoms with Crippen LogP contribution in [0.3, 0.4) is 0 Å². The zero-order chi connectivity index (χ0) is 13.1. The van der Waals surface area contributed by atoms with Crippen LogP contribution in [0.15, 0.2) is 22.7 Å². The number of benzene rings is 1. The van der Waals surface area contributed by atoms with Crippen molar-refractivity contribution in [1.82, 2.24) is 10.1 Å². The maximum atomic E-state index is 13.2. The number of hydrogen-bond acceptors (Lipinski definition) is 4.